The lowest BCUT2D eigenvalue weighted by atomic mass is 9.74. The van der Waals surface area contributed by atoms with Gasteiger partial charge in [-0.2, -0.15) is 0 Å². The first-order chi connectivity index (χ1) is 6.48. The number of nitrogens with two attached hydrogens (primary N) is 1. The van der Waals surface area contributed by atoms with E-state index in [1.807, 2.05) is 6.07 Å². The normalized spacial score (nSPS) is 24.4. The first-order valence-corrected chi connectivity index (χ1v) is 4.96. The summed E-state index contributed by atoms with van der Waals surface area (Å²) in [5.41, 5.74) is 8.32. The maximum atomic E-state index is 11.2. The van der Waals surface area contributed by atoms with Crippen molar-refractivity contribution in [3.63, 3.8) is 0 Å². The van der Waals surface area contributed by atoms with Gasteiger partial charge in [-0.25, -0.2) is 0 Å². The smallest absolute Gasteiger partial charge is 0.248 e. The number of nitrogens with one attached hydrogen (secondary N) is 1. The maximum absolute atomic E-state index is 11.2. The molecule has 1 aromatic heterocycles. The molecule has 2 rings (SSSR count). The van der Waals surface area contributed by atoms with Gasteiger partial charge in [-0.05, 0) is 23.8 Å². The van der Waals surface area contributed by atoms with E-state index in [1.165, 1.54) is 0 Å². The first-order valence-electron chi connectivity index (χ1n) is 4.96. The van der Waals surface area contributed by atoms with E-state index in [2.05, 4.69) is 18.8 Å². The summed E-state index contributed by atoms with van der Waals surface area (Å²) in [6, 6.07) is 3.47. The lowest BCUT2D eigenvalue weighted by molar-refractivity contribution is 0.278. The average molecular weight is 192 g/mol. The molecule has 0 amide bonds. The van der Waals surface area contributed by atoms with Crippen molar-refractivity contribution in [1.29, 1.82) is 0 Å². The number of hydrogen-bond acceptors (Lipinski definition) is 2. The SMILES string of the molecule is CC1(C)Cc2[nH]c(=O)ccc2C(N)C1. The zero-order valence-electron chi connectivity index (χ0n) is 8.63. The first kappa shape index (κ1) is 9.46. The Kier molecular flexibility index (Phi) is 2.00. The highest BCUT2D eigenvalue weighted by Gasteiger charge is 2.30. The molecule has 14 heavy (non-hydrogen) atoms. The molecule has 1 aromatic rings. The van der Waals surface area contributed by atoms with E-state index in [0.29, 0.717) is 0 Å². The van der Waals surface area contributed by atoms with Crippen LogP contribution in [0.2, 0.25) is 0 Å². The Balaban J connectivity index is 2.51. The van der Waals surface area contributed by atoms with Crippen LogP contribution in [0, 0.1) is 5.41 Å². The third-order valence-corrected chi connectivity index (χ3v) is 2.86. The van der Waals surface area contributed by atoms with Crippen molar-refractivity contribution < 1.29 is 0 Å². The van der Waals surface area contributed by atoms with Gasteiger partial charge < -0.3 is 10.7 Å². The van der Waals surface area contributed by atoms with Crippen LogP contribution in [0.15, 0.2) is 16.9 Å². The lowest BCUT2D eigenvalue weighted by Gasteiger charge is -2.34. The number of rotatable bonds is 0. The molecule has 3 N–H and O–H groups in total. The topological polar surface area (TPSA) is 58.9 Å². The van der Waals surface area contributed by atoms with Crippen LogP contribution in [0.4, 0.5) is 0 Å². The maximum Gasteiger partial charge on any atom is 0.248 e. The summed E-state index contributed by atoms with van der Waals surface area (Å²) in [6.07, 6.45) is 1.89. The van der Waals surface area contributed by atoms with Gasteiger partial charge >= 0.3 is 0 Å². The predicted molar refractivity (Wildman–Crippen MR) is 56.1 cm³/mol. The summed E-state index contributed by atoms with van der Waals surface area (Å²) in [5, 5.41) is 0. The summed E-state index contributed by atoms with van der Waals surface area (Å²) in [6.45, 7) is 4.36. The van der Waals surface area contributed by atoms with E-state index in [-0.39, 0.29) is 17.0 Å². The molecule has 1 atom stereocenters. The fourth-order valence-corrected chi connectivity index (χ4v) is 2.28. The fourth-order valence-electron chi connectivity index (χ4n) is 2.28. The van der Waals surface area contributed by atoms with Crippen LogP contribution in [-0.4, -0.2) is 4.98 Å². The second-order valence-corrected chi connectivity index (χ2v) is 4.91. The van der Waals surface area contributed by atoms with Gasteiger partial charge in [0.2, 0.25) is 5.56 Å². The van der Waals surface area contributed by atoms with E-state index in [9.17, 15) is 4.79 Å². The minimum absolute atomic E-state index is 0.0337. The molecular formula is C11H16N2O. The van der Waals surface area contributed by atoms with Crippen LogP contribution in [0.1, 0.15) is 37.6 Å². The molecule has 0 radical (unpaired) electrons. The third-order valence-electron chi connectivity index (χ3n) is 2.86. The van der Waals surface area contributed by atoms with Crippen LogP contribution >= 0.6 is 0 Å². The number of aromatic amines is 1. The largest absolute Gasteiger partial charge is 0.326 e. The molecule has 0 aliphatic heterocycles. The molecule has 3 heteroatoms. The Morgan fingerprint density at radius 2 is 2.21 bits per heavy atom. The van der Waals surface area contributed by atoms with Gasteiger partial charge in [0.05, 0.1) is 0 Å². The van der Waals surface area contributed by atoms with E-state index < -0.39 is 0 Å². The van der Waals surface area contributed by atoms with Crippen molar-refractivity contribution in [3.05, 3.63) is 33.7 Å². The Labute approximate surface area is 83.3 Å². The van der Waals surface area contributed by atoms with Crippen LogP contribution < -0.4 is 11.3 Å². The van der Waals surface area contributed by atoms with Gasteiger partial charge in [-0.1, -0.05) is 19.9 Å². The van der Waals surface area contributed by atoms with Crippen molar-refractivity contribution in [2.45, 2.75) is 32.7 Å². The van der Waals surface area contributed by atoms with E-state index >= 15 is 0 Å². The van der Waals surface area contributed by atoms with E-state index in [1.54, 1.807) is 6.07 Å². The standard InChI is InChI=1S/C11H16N2O/c1-11(2)5-8(12)7-3-4-10(14)13-9(7)6-11/h3-4,8H,5-6,12H2,1-2H3,(H,13,14). The minimum Gasteiger partial charge on any atom is -0.326 e. The zero-order chi connectivity index (χ0) is 10.3. The molecule has 0 spiro atoms. The Hall–Kier alpha value is -1.09. The molecule has 1 unspecified atom stereocenters. The molecule has 1 aliphatic rings. The van der Waals surface area contributed by atoms with Gasteiger partial charge in [-0.3, -0.25) is 4.79 Å². The third kappa shape index (κ3) is 1.60. The van der Waals surface area contributed by atoms with Gasteiger partial charge in [0.25, 0.3) is 0 Å². The molecule has 1 aliphatic carbocycles. The molecule has 0 saturated carbocycles. The van der Waals surface area contributed by atoms with Crippen molar-refractivity contribution in [2.24, 2.45) is 11.1 Å². The Bertz CT molecular complexity index is 406. The lowest BCUT2D eigenvalue weighted by Crippen LogP contribution is -2.31. The Morgan fingerprint density at radius 3 is 2.93 bits per heavy atom. The average Bonchev–Trinajstić information content (AvgIpc) is 2.00. The quantitative estimate of drug-likeness (QED) is 0.651. The summed E-state index contributed by atoms with van der Waals surface area (Å²) >= 11 is 0. The van der Waals surface area contributed by atoms with Gasteiger partial charge in [0.1, 0.15) is 0 Å². The monoisotopic (exact) mass is 192 g/mol. The van der Waals surface area contributed by atoms with Crippen LogP contribution in [0.25, 0.3) is 0 Å². The van der Waals surface area contributed by atoms with Gasteiger partial charge in [0, 0.05) is 17.8 Å². The van der Waals surface area contributed by atoms with Gasteiger partial charge in [-0.15, -0.1) is 0 Å². The molecule has 1 heterocycles. The fraction of sp³-hybridized carbons (Fsp3) is 0.545. The number of aromatic nitrogens is 1. The van der Waals surface area contributed by atoms with Crippen LogP contribution in [-0.2, 0) is 6.42 Å². The number of hydrogen-bond donors (Lipinski definition) is 2. The highest BCUT2D eigenvalue weighted by molar-refractivity contribution is 5.27. The Morgan fingerprint density at radius 1 is 1.50 bits per heavy atom. The molecule has 76 valence electrons. The second kappa shape index (κ2) is 2.95. The molecule has 0 fully saturated rings. The highest BCUT2D eigenvalue weighted by Crippen LogP contribution is 2.37. The van der Waals surface area contributed by atoms with Crippen molar-refractivity contribution in [1.82, 2.24) is 4.98 Å². The summed E-state index contributed by atoms with van der Waals surface area (Å²) < 4.78 is 0. The van der Waals surface area contributed by atoms with Gasteiger partial charge in [0.15, 0.2) is 0 Å². The van der Waals surface area contributed by atoms with Crippen molar-refractivity contribution in [2.75, 3.05) is 0 Å². The summed E-state index contributed by atoms with van der Waals surface area (Å²) in [4.78, 5) is 14.0. The van der Waals surface area contributed by atoms with Crippen molar-refractivity contribution >= 4 is 0 Å². The predicted octanol–water partition coefficient (Wildman–Crippen LogP) is 1.35. The van der Waals surface area contributed by atoms with Crippen molar-refractivity contribution in [3.8, 4) is 0 Å². The molecule has 0 bridgehead atoms. The number of H-pyrrole nitrogens is 1. The summed E-state index contributed by atoms with van der Waals surface area (Å²) in [7, 11) is 0. The number of pyridine rings is 1. The summed E-state index contributed by atoms with van der Waals surface area (Å²) in [5.74, 6) is 0. The number of fused-ring (bicyclic) bond motifs is 1. The molecule has 0 saturated heterocycles. The van der Waals surface area contributed by atoms with E-state index in [4.69, 9.17) is 5.73 Å². The van der Waals surface area contributed by atoms with Crippen LogP contribution in [0.5, 0.6) is 0 Å². The zero-order valence-corrected chi connectivity index (χ0v) is 8.63. The van der Waals surface area contributed by atoms with E-state index in [0.717, 1.165) is 24.1 Å². The minimum atomic E-state index is -0.0337. The second-order valence-electron chi connectivity index (χ2n) is 4.91. The molecule has 0 aromatic carbocycles. The van der Waals surface area contributed by atoms with Crippen LogP contribution in [0.3, 0.4) is 0 Å². The molecule has 3 nitrogen and oxygen atoms in total. The highest BCUT2D eigenvalue weighted by atomic mass is 16.1. The molecular weight excluding hydrogens is 176 g/mol.